The highest BCUT2D eigenvalue weighted by molar-refractivity contribution is 9.10. The molecule has 2 rings (SSSR count). The molecule has 104 valence electrons. The molecule has 0 fully saturated rings. The summed E-state index contributed by atoms with van der Waals surface area (Å²) in [5, 5.41) is 11.1. The molecule has 1 heterocycles. The molecular weight excluding hydrogens is 333 g/mol. The molecule has 2 N–H and O–H groups in total. The van der Waals surface area contributed by atoms with Crippen molar-refractivity contribution in [1.82, 2.24) is 9.55 Å². The van der Waals surface area contributed by atoms with Gasteiger partial charge >= 0.3 is 5.97 Å². The van der Waals surface area contributed by atoms with Crippen molar-refractivity contribution in [3.8, 4) is 0 Å². The van der Waals surface area contributed by atoms with E-state index in [9.17, 15) is 14.0 Å². The van der Waals surface area contributed by atoms with E-state index in [1.54, 1.807) is 7.05 Å². The Bertz CT molecular complexity index is 699. The van der Waals surface area contributed by atoms with E-state index < -0.39 is 23.3 Å². The maximum atomic E-state index is 13.9. The lowest BCUT2D eigenvalue weighted by molar-refractivity contribution is 0.0691. The van der Waals surface area contributed by atoms with Gasteiger partial charge in [0, 0.05) is 7.05 Å². The Balaban J connectivity index is 2.31. The van der Waals surface area contributed by atoms with Crippen molar-refractivity contribution >= 4 is 33.5 Å². The third-order valence-corrected chi connectivity index (χ3v) is 3.35. The molecule has 1 aromatic carbocycles. The van der Waals surface area contributed by atoms with Crippen molar-refractivity contribution in [3.05, 3.63) is 46.2 Å². The first-order valence-electron chi connectivity index (χ1n) is 5.42. The summed E-state index contributed by atoms with van der Waals surface area (Å²) in [5.41, 5.74) is -0.724. The van der Waals surface area contributed by atoms with E-state index in [0.717, 1.165) is 6.07 Å². The van der Waals surface area contributed by atoms with Gasteiger partial charge in [-0.2, -0.15) is 0 Å². The zero-order chi connectivity index (χ0) is 14.9. The van der Waals surface area contributed by atoms with Gasteiger partial charge in [0.2, 0.25) is 0 Å². The Morgan fingerprint density at radius 1 is 1.45 bits per heavy atom. The lowest BCUT2D eigenvalue weighted by Gasteiger charge is -2.08. The van der Waals surface area contributed by atoms with Gasteiger partial charge in [0.1, 0.15) is 4.60 Å². The minimum atomic E-state index is -1.40. The Labute approximate surface area is 121 Å². The number of carboxylic acid groups (broad SMARTS) is 1. The first-order chi connectivity index (χ1) is 9.41. The average Bonchev–Trinajstić information content (AvgIpc) is 2.72. The number of amides is 1. The number of anilines is 1. The lowest BCUT2D eigenvalue weighted by Crippen LogP contribution is -2.18. The summed E-state index contributed by atoms with van der Waals surface area (Å²) in [7, 11) is 1.61. The SMILES string of the molecule is Cn1c(Br)cnc1C(=O)Nc1cccc(C(=O)O)c1F. The molecule has 0 radical (unpaired) electrons. The molecule has 0 spiro atoms. The van der Waals surface area contributed by atoms with Crippen LogP contribution < -0.4 is 5.32 Å². The Hall–Kier alpha value is -2.22. The zero-order valence-electron chi connectivity index (χ0n) is 10.2. The molecule has 0 aliphatic carbocycles. The van der Waals surface area contributed by atoms with E-state index in [2.05, 4.69) is 26.2 Å². The van der Waals surface area contributed by atoms with Gasteiger partial charge in [-0.3, -0.25) is 4.79 Å². The van der Waals surface area contributed by atoms with Gasteiger partial charge in [0.25, 0.3) is 5.91 Å². The second-order valence-corrected chi connectivity index (χ2v) is 4.70. The first kappa shape index (κ1) is 14.2. The first-order valence-corrected chi connectivity index (χ1v) is 6.21. The fourth-order valence-electron chi connectivity index (χ4n) is 1.57. The molecule has 0 atom stereocenters. The largest absolute Gasteiger partial charge is 0.478 e. The van der Waals surface area contributed by atoms with Crippen LogP contribution in [0.25, 0.3) is 0 Å². The number of halogens is 2. The van der Waals surface area contributed by atoms with Crippen LogP contribution in [0.15, 0.2) is 29.0 Å². The molecule has 2 aromatic rings. The Kier molecular flexibility index (Phi) is 3.84. The number of carboxylic acids is 1. The summed E-state index contributed by atoms with van der Waals surface area (Å²) in [6.45, 7) is 0. The number of imidazole rings is 1. The molecule has 20 heavy (non-hydrogen) atoms. The number of aromatic nitrogens is 2. The summed E-state index contributed by atoms with van der Waals surface area (Å²) in [4.78, 5) is 26.6. The second kappa shape index (κ2) is 5.41. The molecule has 6 nitrogen and oxygen atoms in total. The van der Waals surface area contributed by atoms with Crippen LogP contribution in [-0.2, 0) is 7.05 Å². The number of hydrogen-bond acceptors (Lipinski definition) is 3. The lowest BCUT2D eigenvalue weighted by atomic mass is 10.2. The van der Waals surface area contributed by atoms with Crippen LogP contribution in [-0.4, -0.2) is 26.5 Å². The number of nitrogens with one attached hydrogen (secondary N) is 1. The van der Waals surface area contributed by atoms with Gasteiger partial charge in [-0.15, -0.1) is 0 Å². The maximum Gasteiger partial charge on any atom is 0.338 e. The number of benzene rings is 1. The van der Waals surface area contributed by atoms with Gasteiger partial charge < -0.3 is 15.0 Å². The number of nitrogens with zero attached hydrogens (tertiary/aromatic N) is 2. The average molecular weight is 342 g/mol. The topological polar surface area (TPSA) is 84.2 Å². The molecule has 0 bridgehead atoms. The van der Waals surface area contributed by atoms with Gasteiger partial charge in [-0.25, -0.2) is 14.2 Å². The summed E-state index contributed by atoms with van der Waals surface area (Å²) in [5.74, 6) is -2.98. The van der Waals surface area contributed by atoms with Crippen molar-refractivity contribution in [1.29, 1.82) is 0 Å². The fraction of sp³-hybridized carbons (Fsp3) is 0.0833. The minimum Gasteiger partial charge on any atom is -0.478 e. The number of rotatable bonds is 3. The zero-order valence-corrected chi connectivity index (χ0v) is 11.8. The Morgan fingerprint density at radius 2 is 2.15 bits per heavy atom. The fourth-order valence-corrected chi connectivity index (χ4v) is 1.84. The molecule has 0 aliphatic rings. The smallest absolute Gasteiger partial charge is 0.338 e. The molecule has 0 saturated carbocycles. The number of carbonyl (C=O) groups is 2. The van der Waals surface area contributed by atoms with E-state index >= 15 is 0 Å². The predicted octanol–water partition coefficient (Wildman–Crippen LogP) is 2.27. The van der Waals surface area contributed by atoms with Gasteiger partial charge in [0.15, 0.2) is 11.6 Å². The summed E-state index contributed by atoms with van der Waals surface area (Å²) in [6, 6.07) is 3.73. The van der Waals surface area contributed by atoms with Gasteiger partial charge in [0.05, 0.1) is 17.4 Å². The third kappa shape index (κ3) is 2.55. The van der Waals surface area contributed by atoms with E-state index in [1.807, 2.05) is 0 Å². The predicted molar refractivity (Wildman–Crippen MR) is 72.2 cm³/mol. The molecule has 1 amide bonds. The highest BCUT2D eigenvalue weighted by atomic mass is 79.9. The normalized spacial score (nSPS) is 10.3. The molecule has 0 unspecified atom stereocenters. The number of aromatic carboxylic acids is 1. The highest BCUT2D eigenvalue weighted by Gasteiger charge is 2.18. The number of hydrogen-bond donors (Lipinski definition) is 2. The van der Waals surface area contributed by atoms with Crippen LogP contribution in [0.2, 0.25) is 0 Å². The van der Waals surface area contributed by atoms with Gasteiger partial charge in [-0.1, -0.05) is 6.07 Å². The van der Waals surface area contributed by atoms with Crippen LogP contribution in [0, 0.1) is 5.82 Å². The molecule has 1 aromatic heterocycles. The molecule has 0 aliphatic heterocycles. The van der Waals surface area contributed by atoms with E-state index in [0.29, 0.717) is 4.60 Å². The second-order valence-electron chi connectivity index (χ2n) is 3.89. The Morgan fingerprint density at radius 3 is 2.70 bits per heavy atom. The van der Waals surface area contributed by atoms with Crippen LogP contribution in [0.5, 0.6) is 0 Å². The minimum absolute atomic E-state index is 0.0667. The third-order valence-electron chi connectivity index (χ3n) is 2.61. The molecular formula is C12H9BrFN3O3. The van der Waals surface area contributed by atoms with Crippen molar-refractivity contribution in [2.75, 3.05) is 5.32 Å². The quantitative estimate of drug-likeness (QED) is 0.896. The van der Waals surface area contributed by atoms with Crippen molar-refractivity contribution in [2.24, 2.45) is 7.05 Å². The monoisotopic (exact) mass is 341 g/mol. The van der Waals surface area contributed by atoms with Crippen LogP contribution >= 0.6 is 15.9 Å². The molecule has 0 saturated heterocycles. The maximum absolute atomic E-state index is 13.9. The highest BCUT2D eigenvalue weighted by Crippen LogP contribution is 2.19. The van der Waals surface area contributed by atoms with Crippen LogP contribution in [0.3, 0.4) is 0 Å². The van der Waals surface area contributed by atoms with Crippen molar-refractivity contribution < 1.29 is 19.1 Å². The molecule has 8 heteroatoms. The van der Waals surface area contributed by atoms with Crippen LogP contribution in [0.4, 0.5) is 10.1 Å². The number of carbonyl (C=O) groups excluding carboxylic acids is 1. The van der Waals surface area contributed by atoms with E-state index in [1.165, 1.54) is 22.9 Å². The summed E-state index contributed by atoms with van der Waals surface area (Å²) in [6.07, 6.45) is 1.43. The van der Waals surface area contributed by atoms with Crippen molar-refractivity contribution in [2.45, 2.75) is 0 Å². The standard InChI is InChI=1S/C12H9BrFN3O3/c1-17-8(13)5-15-10(17)11(18)16-7-4-2-3-6(9(7)14)12(19)20/h2-5H,1H3,(H,16,18)(H,19,20). The summed E-state index contributed by atoms with van der Waals surface area (Å²) >= 11 is 3.18. The van der Waals surface area contributed by atoms with E-state index in [-0.39, 0.29) is 11.5 Å². The van der Waals surface area contributed by atoms with Gasteiger partial charge in [-0.05, 0) is 28.1 Å². The van der Waals surface area contributed by atoms with Crippen molar-refractivity contribution in [3.63, 3.8) is 0 Å². The summed E-state index contributed by atoms with van der Waals surface area (Å²) < 4.78 is 15.9. The van der Waals surface area contributed by atoms with Crippen LogP contribution in [0.1, 0.15) is 21.0 Å². The van der Waals surface area contributed by atoms with E-state index in [4.69, 9.17) is 5.11 Å².